The highest BCUT2D eigenvalue weighted by Crippen LogP contribution is 2.18. The van der Waals surface area contributed by atoms with Gasteiger partial charge in [0.05, 0.1) is 0 Å². The zero-order chi connectivity index (χ0) is 6.85. The Morgan fingerprint density at radius 1 is 1.56 bits per heavy atom. The van der Waals surface area contributed by atoms with Gasteiger partial charge in [0.25, 0.3) is 0 Å². The Labute approximate surface area is 69.7 Å². The number of rotatable bonds is 1. The molecule has 52 valence electrons. The van der Waals surface area contributed by atoms with Gasteiger partial charge in [0.2, 0.25) is 0 Å². The first kappa shape index (κ1) is 7.18. The number of nitrogens with zero attached hydrogens (tertiary/aromatic N) is 2. The zero-order valence-corrected chi connectivity index (χ0v) is 7.87. The van der Waals surface area contributed by atoms with Crippen LogP contribution in [-0.2, 0) is 0 Å². The van der Waals surface area contributed by atoms with Crippen molar-refractivity contribution in [1.29, 1.82) is 0 Å². The Kier molecular flexibility index (Phi) is 2.21. The summed E-state index contributed by atoms with van der Waals surface area (Å²) in [6, 6.07) is 0. The van der Waals surface area contributed by atoms with Crippen LogP contribution in [0.5, 0.6) is 0 Å². The minimum absolute atomic E-state index is 0.521. The molecule has 3 heteroatoms. The monoisotopic (exact) mass is 238 g/mol. The highest BCUT2D eigenvalue weighted by Gasteiger charge is 2.17. The highest BCUT2D eigenvalue weighted by atomic mass is 127. The molecule has 0 amide bonds. The Balaban J connectivity index is 2.51. The maximum absolute atomic E-state index is 2.41. The fraction of sp³-hybridized carbons (Fsp3) is 0.667. The van der Waals surface area contributed by atoms with Crippen LogP contribution in [0.4, 0.5) is 0 Å². The van der Waals surface area contributed by atoms with E-state index < -0.39 is 0 Å². The fourth-order valence-corrected chi connectivity index (χ4v) is 1.59. The smallest absolute Gasteiger partial charge is 0.154 e. The van der Waals surface area contributed by atoms with Gasteiger partial charge in [-0.2, -0.15) is 0 Å². The minimum atomic E-state index is 0.521. The summed E-state index contributed by atoms with van der Waals surface area (Å²) in [7, 11) is 2.09. The molecule has 1 heterocycles. The van der Waals surface area contributed by atoms with Gasteiger partial charge in [-0.3, -0.25) is 0 Å². The van der Waals surface area contributed by atoms with Crippen molar-refractivity contribution < 1.29 is 0 Å². The molecule has 0 saturated carbocycles. The van der Waals surface area contributed by atoms with Crippen LogP contribution >= 0.6 is 22.6 Å². The molecule has 0 aliphatic carbocycles. The van der Waals surface area contributed by atoms with Gasteiger partial charge in [-0.05, 0) is 29.5 Å². The van der Waals surface area contributed by atoms with Crippen molar-refractivity contribution in [3.63, 3.8) is 0 Å². The zero-order valence-electron chi connectivity index (χ0n) is 5.71. The average Bonchev–Trinajstić information content (AvgIpc) is 2.15. The summed E-state index contributed by atoms with van der Waals surface area (Å²) in [5, 5.41) is 0. The number of hydrogen-bond acceptors (Lipinski definition) is 2. The van der Waals surface area contributed by atoms with Crippen molar-refractivity contribution in [1.82, 2.24) is 9.80 Å². The van der Waals surface area contributed by atoms with E-state index >= 15 is 0 Å². The molecule has 0 spiro atoms. The maximum Gasteiger partial charge on any atom is 0.154 e. The van der Waals surface area contributed by atoms with Crippen LogP contribution in [0.2, 0.25) is 0 Å². The Bertz CT molecular complexity index is 124. The van der Waals surface area contributed by atoms with Crippen LogP contribution in [0, 0.1) is 0 Å². The highest BCUT2D eigenvalue weighted by molar-refractivity contribution is 14.1. The molecule has 0 fully saturated rings. The van der Waals surface area contributed by atoms with E-state index in [2.05, 4.69) is 58.8 Å². The van der Waals surface area contributed by atoms with Crippen LogP contribution in [0.1, 0.15) is 6.92 Å². The van der Waals surface area contributed by atoms with Gasteiger partial charge < -0.3 is 9.80 Å². The van der Waals surface area contributed by atoms with Crippen molar-refractivity contribution >= 4 is 22.6 Å². The third-order valence-electron chi connectivity index (χ3n) is 1.47. The minimum Gasteiger partial charge on any atom is -0.351 e. The largest absolute Gasteiger partial charge is 0.351 e. The lowest BCUT2D eigenvalue weighted by molar-refractivity contribution is 0.288. The molecule has 0 aromatic rings. The third-order valence-corrected chi connectivity index (χ3v) is 3.06. The molecule has 1 aliphatic rings. The molecule has 0 bridgehead atoms. The first-order valence-corrected chi connectivity index (χ1v) is 4.30. The van der Waals surface area contributed by atoms with Gasteiger partial charge in [0.15, 0.2) is 4.17 Å². The SMILES string of the molecule is CCN1C=CN(C)C1I. The third kappa shape index (κ3) is 1.31. The van der Waals surface area contributed by atoms with Gasteiger partial charge >= 0.3 is 0 Å². The average molecular weight is 238 g/mol. The molecule has 1 aliphatic heterocycles. The Morgan fingerprint density at radius 2 is 2.22 bits per heavy atom. The van der Waals surface area contributed by atoms with E-state index in [1.165, 1.54) is 0 Å². The second-order valence-electron chi connectivity index (χ2n) is 2.10. The van der Waals surface area contributed by atoms with E-state index in [9.17, 15) is 0 Å². The molecule has 0 radical (unpaired) electrons. The topological polar surface area (TPSA) is 6.48 Å². The summed E-state index contributed by atoms with van der Waals surface area (Å²) >= 11 is 2.41. The van der Waals surface area contributed by atoms with E-state index in [4.69, 9.17) is 0 Å². The van der Waals surface area contributed by atoms with Crippen LogP contribution in [0.3, 0.4) is 0 Å². The van der Waals surface area contributed by atoms with Crippen LogP contribution in [0.25, 0.3) is 0 Å². The van der Waals surface area contributed by atoms with E-state index in [0.717, 1.165) is 6.54 Å². The molecule has 0 aromatic carbocycles. The van der Waals surface area contributed by atoms with Crippen molar-refractivity contribution in [3.05, 3.63) is 12.4 Å². The fourth-order valence-electron chi connectivity index (χ4n) is 0.823. The van der Waals surface area contributed by atoms with Gasteiger partial charge in [-0.25, -0.2) is 0 Å². The second kappa shape index (κ2) is 2.77. The molecule has 9 heavy (non-hydrogen) atoms. The summed E-state index contributed by atoms with van der Waals surface area (Å²) in [5.41, 5.74) is 0. The van der Waals surface area contributed by atoms with Crippen LogP contribution < -0.4 is 0 Å². The van der Waals surface area contributed by atoms with Gasteiger partial charge in [-0.1, -0.05) is 0 Å². The molecule has 1 atom stereocenters. The quantitative estimate of drug-likeness (QED) is 0.387. The Morgan fingerprint density at radius 3 is 2.44 bits per heavy atom. The summed E-state index contributed by atoms with van der Waals surface area (Å²) < 4.78 is 0.521. The van der Waals surface area contributed by atoms with Crippen LogP contribution in [0.15, 0.2) is 12.4 Å². The standard InChI is InChI=1S/C6H11IN2/c1-3-9-5-4-8(2)6(9)7/h4-6H,3H2,1-2H3. The number of halogens is 1. The molecule has 0 N–H and O–H groups in total. The van der Waals surface area contributed by atoms with Crippen molar-refractivity contribution in [2.45, 2.75) is 11.1 Å². The summed E-state index contributed by atoms with van der Waals surface area (Å²) in [5.74, 6) is 0. The van der Waals surface area contributed by atoms with Crippen molar-refractivity contribution in [3.8, 4) is 0 Å². The summed E-state index contributed by atoms with van der Waals surface area (Å²) in [6.07, 6.45) is 4.22. The van der Waals surface area contributed by atoms with Gasteiger partial charge in [0, 0.05) is 26.0 Å². The lowest BCUT2D eigenvalue weighted by atomic mass is 10.6. The van der Waals surface area contributed by atoms with Gasteiger partial charge in [-0.15, -0.1) is 0 Å². The second-order valence-corrected chi connectivity index (χ2v) is 3.22. The number of hydrogen-bond donors (Lipinski definition) is 0. The molecule has 1 rings (SSSR count). The Hall–Kier alpha value is 0.0700. The van der Waals surface area contributed by atoms with E-state index in [1.807, 2.05) is 0 Å². The predicted octanol–water partition coefficient (Wildman–Crippen LogP) is 1.44. The van der Waals surface area contributed by atoms with Crippen LogP contribution in [-0.4, -0.2) is 27.6 Å². The van der Waals surface area contributed by atoms with E-state index in [-0.39, 0.29) is 0 Å². The summed E-state index contributed by atoms with van der Waals surface area (Å²) in [4.78, 5) is 4.46. The van der Waals surface area contributed by atoms with Crippen molar-refractivity contribution in [2.75, 3.05) is 13.6 Å². The maximum atomic E-state index is 2.41. The molecule has 0 saturated heterocycles. The normalized spacial score (nSPS) is 25.9. The van der Waals surface area contributed by atoms with Crippen molar-refractivity contribution in [2.24, 2.45) is 0 Å². The molecule has 0 aromatic heterocycles. The molecular formula is C6H11IN2. The first-order valence-electron chi connectivity index (χ1n) is 3.05. The van der Waals surface area contributed by atoms with E-state index in [1.54, 1.807) is 0 Å². The summed E-state index contributed by atoms with van der Waals surface area (Å²) in [6.45, 7) is 3.25. The molecule has 2 nitrogen and oxygen atoms in total. The van der Waals surface area contributed by atoms with E-state index in [0.29, 0.717) is 4.17 Å². The molecular weight excluding hydrogens is 227 g/mol. The number of alkyl halides is 1. The lowest BCUT2D eigenvalue weighted by Crippen LogP contribution is -2.30. The molecule has 1 unspecified atom stereocenters. The predicted molar refractivity (Wildman–Crippen MR) is 47.1 cm³/mol. The lowest BCUT2D eigenvalue weighted by Gasteiger charge is -2.23. The van der Waals surface area contributed by atoms with Gasteiger partial charge in [0.1, 0.15) is 0 Å². The first-order chi connectivity index (χ1) is 4.25.